The van der Waals surface area contributed by atoms with Crippen molar-refractivity contribution in [3.63, 3.8) is 0 Å². The average Bonchev–Trinajstić information content (AvgIpc) is 2.87. The molecule has 3 rings (SSSR count). The molecule has 0 N–H and O–H groups in total. The van der Waals surface area contributed by atoms with Crippen LogP contribution in [-0.2, 0) is 24.5 Å². The van der Waals surface area contributed by atoms with Gasteiger partial charge in [0, 0.05) is 5.41 Å². The van der Waals surface area contributed by atoms with Gasteiger partial charge in [-0.05, 0) is 42.0 Å². The number of esters is 2. The Bertz CT molecular complexity index is 700. The quantitative estimate of drug-likeness (QED) is 0.621. The highest BCUT2D eigenvalue weighted by molar-refractivity contribution is 6.06. The SMILES string of the molecule is COC(=O)C1(C(=O)OC)CCCC2(C)C1=Cc1c(C)cccc12. The van der Waals surface area contributed by atoms with Crippen LogP contribution < -0.4 is 0 Å². The Hall–Kier alpha value is -2.10. The van der Waals surface area contributed by atoms with Crippen molar-refractivity contribution in [2.45, 2.75) is 38.5 Å². The Morgan fingerprint density at radius 2 is 1.74 bits per heavy atom. The van der Waals surface area contributed by atoms with Crippen LogP contribution in [0.4, 0.5) is 0 Å². The zero-order valence-electron chi connectivity index (χ0n) is 14.1. The van der Waals surface area contributed by atoms with E-state index >= 15 is 0 Å². The average molecular weight is 314 g/mol. The van der Waals surface area contributed by atoms with E-state index in [1.807, 2.05) is 12.1 Å². The lowest BCUT2D eigenvalue weighted by molar-refractivity contribution is -0.168. The number of carbonyl (C=O) groups excluding carboxylic acids is 2. The van der Waals surface area contributed by atoms with E-state index in [1.165, 1.54) is 19.8 Å². The molecule has 2 aliphatic carbocycles. The highest BCUT2D eigenvalue weighted by Gasteiger charge is 2.60. The second-order valence-corrected chi connectivity index (χ2v) is 6.67. The third-order valence-electron chi connectivity index (χ3n) is 5.56. The largest absolute Gasteiger partial charge is 0.468 e. The summed E-state index contributed by atoms with van der Waals surface area (Å²) in [6, 6.07) is 6.17. The molecule has 122 valence electrons. The van der Waals surface area contributed by atoms with Crippen molar-refractivity contribution in [3.8, 4) is 0 Å². The second-order valence-electron chi connectivity index (χ2n) is 6.67. The molecular weight excluding hydrogens is 292 g/mol. The number of ether oxygens (including phenoxy) is 2. The summed E-state index contributed by atoms with van der Waals surface area (Å²) in [6.07, 6.45) is 4.12. The summed E-state index contributed by atoms with van der Waals surface area (Å²) in [7, 11) is 2.65. The highest BCUT2D eigenvalue weighted by Crippen LogP contribution is 2.58. The molecule has 0 saturated heterocycles. The Morgan fingerprint density at radius 3 is 2.35 bits per heavy atom. The van der Waals surface area contributed by atoms with Crippen LogP contribution >= 0.6 is 0 Å². The maximum absolute atomic E-state index is 12.6. The van der Waals surface area contributed by atoms with Crippen LogP contribution in [0.25, 0.3) is 6.08 Å². The van der Waals surface area contributed by atoms with E-state index in [0.29, 0.717) is 6.42 Å². The molecule has 0 heterocycles. The van der Waals surface area contributed by atoms with Crippen molar-refractivity contribution in [1.82, 2.24) is 0 Å². The van der Waals surface area contributed by atoms with Gasteiger partial charge in [-0.15, -0.1) is 0 Å². The summed E-state index contributed by atoms with van der Waals surface area (Å²) >= 11 is 0. The molecule has 1 fully saturated rings. The van der Waals surface area contributed by atoms with Gasteiger partial charge in [-0.3, -0.25) is 9.59 Å². The predicted molar refractivity (Wildman–Crippen MR) is 86.8 cm³/mol. The van der Waals surface area contributed by atoms with Crippen LogP contribution in [0.1, 0.15) is 42.9 Å². The van der Waals surface area contributed by atoms with Crippen LogP contribution in [0.3, 0.4) is 0 Å². The molecule has 0 radical (unpaired) electrons. The van der Waals surface area contributed by atoms with E-state index in [-0.39, 0.29) is 5.41 Å². The lowest BCUT2D eigenvalue weighted by Crippen LogP contribution is -2.50. The van der Waals surface area contributed by atoms with Crippen molar-refractivity contribution in [2.24, 2.45) is 5.41 Å². The van der Waals surface area contributed by atoms with E-state index in [0.717, 1.165) is 29.5 Å². The number of hydrogen-bond donors (Lipinski definition) is 0. The summed E-state index contributed by atoms with van der Waals surface area (Å²) in [5.74, 6) is -1.04. The van der Waals surface area contributed by atoms with Gasteiger partial charge < -0.3 is 9.47 Å². The fourth-order valence-corrected chi connectivity index (χ4v) is 4.36. The molecule has 1 aromatic rings. The van der Waals surface area contributed by atoms with Crippen LogP contribution in [0, 0.1) is 12.3 Å². The molecular formula is C19H22O4. The molecule has 0 bridgehead atoms. The predicted octanol–water partition coefficient (Wildman–Crippen LogP) is 3.17. The minimum atomic E-state index is -1.33. The third kappa shape index (κ3) is 1.90. The van der Waals surface area contributed by atoms with Gasteiger partial charge in [-0.2, -0.15) is 0 Å². The molecule has 1 saturated carbocycles. The second kappa shape index (κ2) is 5.22. The standard InChI is InChI=1S/C19H22O4/c1-12-7-5-8-14-13(12)11-15-18(14,2)9-6-10-19(15,16(20)22-3)17(21)23-4/h5,7-8,11H,6,9-10H2,1-4H3. The van der Waals surface area contributed by atoms with Gasteiger partial charge in [0.15, 0.2) is 5.41 Å². The van der Waals surface area contributed by atoms with Crippen LogP contribution in [-0.4, -0.2) is 26.2 Å². The van der Waals surface area contributed by atoms with Crippen molar-refractivity contribution in [1.29, 1.82) is 0 Å². The van der Waals surface area contributed by atoms with E-state index in [1.54, 1.807) is 0 Å². The first-order chi connectivity index (χ1) is 10.9. The monoisotopic (exact) mass is 314 g/mol. The van der Waals surface area contributed by atoms with E-state index in [2.05, 4.69) is 26.0 Å². The van der Waals surface area contributed by atoms with Gasteiger partial charge in [0.25, 0.3) is 0 Å². The molecule has 4 heteroatoms. The first kappa shape index (κ1) is 15.8. The minimum Gasteiger partial charge on any atom is -0.468 e. The molecule has 0 aromatic heterocycles. The third-order valence-corrected chi connectivity index (χ3v) is 5.56. The number of rotatable bonds is 2. The Labute approximate surface area is 136 Å². The lowest BCUT2D eigenvalue weighted by Gasteiger charge is -2.43. The maximum atomic E-state index is 12.6. The molecule has 1 atom stereocenters. The molecule has 4 nitrogen and oxygen atoms in total. The first-order valence-electron chi connectivity index (χ1n) is 7.91. The summed E-state index contributed by atoms with van der Waals surface area (Å²) < 4.78 is 10.0. The topological polar surface area (TPSA) is 52.6 Å². The maximum Gasteiger partial charge on any atom is 0.327 e. The fourth-order valence-electron chi connectivity index (χ4n) is 4.36. The van der Waals surface area contributed by atoms with Gasteiger partial charge in [0.05, 0.1) is 14.2 Å². The minimum absolute atomic E-state index is 0.331. The Balaban J connectivity index is 2.27. The van der Waals surface area contributed by atoms with Crippen LogP contribution in [0.5, 0.6) is 0 Å². The van der Waals surface area contributed by atoms with Crippen LogP contribution in [0.15, 0.2) is 23.8 Å². The molecule has 23 heavy (non-hydrogen) atoms. The first-order valence-corrected chi connectivity index (χ1v) is 7.91. The zero-order valence-corrected chi connectivity index (χ0v) is 14.1. The Morgan fingerprint density at radius 1 is 1.09 bits per heavy atom. The number of methoxy groups -OCH3 is 2. The van der Waals surface area contributed by atoms with Gasteiger partial charge in [0.2, 0.25) is 0 Å². The summed E-state index contributed by atoms with van der Waals surface area (Å²) in [4.78, 5) is 25.3. The molecule has 0 spiro atoms. The zero-order chi connectivity index (χ0) is 16.8. The van der Waals surface area contributed by atoms with E-state index in [4.69, 9.17) is 9.47 Å². The molecule has 1 unspecified atom stereocenters. The molecule has 1 aromatic carbocycles. The van der Waals surface area contributed by atoms with Crippen molar-refractivity contribution < 1.29 is 19.1 Å². The summed E-state index contributed by atoms with van der Waals surface area (Å²) in [5.41, 5.74) is 2.60. The van der Waals surface area contributed by atoms with Crippen molar-refractivity contribution in [3.05, 3.63) is 40.5 Å². The van der Waals surface area contributed by atoms with Gasteiger partial charge in [-0.25, -0.2) is 0 Å². The lowest BCUT2D eigenvalue weighted by atomic mass is 9.58. The molecule has 0 amide bonds. The van der Waals surface area contributed by atoms with E-state index in [9.17, 15) is 9.59 Å². The number of fused-ring (bicyclic) bond motifs is 3. The van der Waals surface area contributed by atoms with Gasteiger partial charge >= 0.3 is 11.9 Å². The number of benzene rings is 1. The summed E-state index contributed by atoms with van der Waals surface area (Å²) in [6.45, 7) is 4.17. The number of aryl methyl sites for hydroxylation is 1. The smallest absolute Gasteiger partial charge is 0.327 e. The highest BCUT2D eigenvalue weighted by atomic mass is 16.5. The summed E-state index contributed by atoms with van der Waals surface area (Å²) in [5, 5.41) is 0. The molecule has 2 aliphatic rings. The van der Waals surface area contributed by atoms with Gasteiger partial charge in [-0.1, -0.05) is 37.6 Å². The Kier molecular flexibility index (Phi) is 3.58. The fraction of sp³-hybridized carbons (Fsp3) is 0.474. The number of hydrogen-bond acceptors (Lipinski definition) is 4. The molecule has 0 aliphatic heterocycles. The normalized spacial score (nSPS) is 24.3. The van der Waals surface area contributed by atoms with E-state index < -0.39 is 17.4 Å². The van der Waals surface area contributed by atoms with Crippen molar-refractivity contribution in [2.75, 3.05) is 14.2 Å². The van der Waals surface area contributed by atoms with Crippen LogP contribution in [0.2, 0.25) is 0 Å². The van der Waals surface area contributed by atoms with Gasteiger partial charge in [0.1, 0.15) is 0 Å². The number of carbonyl (C=O) groups is 2. The van der Waals surface area contributed by atoms with Crippen molar-refractivity contribution >= 4 is 18.0 Å².